The molecular weight excluding hydrogens is 282 g/mol. The third-order valence-electron chi connectivity index (χ3n) is 3.95. The van der Waals surface area contributed by atoms with E-state index in [1.807, 2.05) is 0 Å². The lowest BCUT2D eigenvalue weighted by Crippen LogP contribution is -2.37. The van der Waals surface area contributed by atoms with Gasteiger partial charge in [0.05, 0.1) is 0 Å². The van der Waals surface area contributed by atoms with Gasteiger partial charge in [-0.1, -0.05) is 52.0 Å². The minimum absolute atomic E-state index is 0.481. The van der Waals surface area contributed by atoms with Crippen LogP contribution >= 0.6 is 23.5 Å². The fourth-order valence-electron chi connectivity index (χ4n) is 2.75. The van der Waals surface area contributed by atoms with Crippen LogP contribution in [0.25, 0.3) is 0 Å². The van der Waals surface area contributed by atoms with Crippen LogP contribution in [0.1, 0.15) is 50.8 Å². The Kier molecular flexibility index (Phi) is 6.31. The minimum atomic E-state index is 0.481. The molecule has 0 saturated carbocycles. The first-order valence-electron chi connectivity index (χ1n) is 7.70. The molecule has 0 aliphatic carbocycles. The lowest BCUT2D eigenvalue weighted by molar-refractivity contribution is 0.525. The van der Waals surface area contributed by atoms with Crippen molar-refractivity contribution in [2.75, 3.05) is 18.1 Å². The molecule has 2 rings (SSSR count). The van der Waals surface area contributed by atoms with Crippen molar-refractivity contribution in [2.24, 2.45) is 0 Å². The highest BCUT2D eigenvalue weighted by Gasteiger charge is 2.30. The molecule has 3 atom stereocenters. The second-order valence-corrected chi connectivity index (χ2v) is 8.54. The smallest absolute Gasteiger partial charge is 0.0451 e. The van der Waals surface area contributed by atoms with Gasteiger partial charge in [0.1, 0.15) is 0 Å². The maximum atomic E-state index is 3.71. The van der Waals surface area contributed by atoms with Gasteiger partial charge in [-0.15, -0.1) is 0 Å². The Bertz CT molecular complexity index is 402. The SMILES string of the molecule is CCNC(c1ccc(C(C)C)cc1)C1SCCSC1C. The first-order chi connectivity index (χ1) is 9.63. The number of rotatable bonds is 5. The zero-order valence-electron chi connectivity index (χ0n) is 13.1. The topological polar surface area (TPSA) is 12.0 Å². The van der Waals surface area contributed by atoms with Crippen LogP contribution in [0.2, 0.25) is 0 Å². The van der Waals surface area contributed by atoms with Crippen molar-refractivity contribution in [2.45, 2.75) is 50.2 Å². The van der Waals surface area contributed by atoms with Crippen LogP contribution in [0.5, 0.6) is 0 Å². The van der Waals surface area contributed by atoms with E-state index >= 15 is 0 Å². The van der Waals surface area contributed by atoms with Gasteiger partial charge in [-0.25, -0.2) is 0 Å². The molecule has 0 amide bonds. The van der Waals surface area contributed by atoms with E-state index in [1.54, 1.807) is 0 Å². The molecule has 0 spiro atoms. The summed E-state index contributed by atoms with van der Waals surface area (Å²) in [4.78, 5) is 0. The van der Waals surface area contributed by atoms with E-state index in [0.29, 0.717) is 17.2 Å². The van der Waals surface area contributed by atoms with Gasteiger partial charge in [0.15, 0.2) is 0 Å². The first kappa shape index (κ1) is 16.3. The Morgan fingerprint density at radius 1 is 1.10 bits per heavy atom. The molecule has 0 aromatic heterocycles. The molecule has 1 nitrogen and oxygen atoms in total. The predicted molar refractivity (Wildman–Crippen MR) is 95.1 cm³/mol. The third-order valence-corrected chi connectivity index (χ3v) is 7.15. The van der Waals surface area contributed by atoms with Gasteiger partial charge in [0.25, 0.3) is 0 Å². The van der Waals surface area contributed by atoms with Crippen LogP contribution < -0.4 is 5.32 Å². The van der Waals surface area contributed by atoms with E-state index in [9.17, 15) is 0 Å². The number of nitrogens with one attached hydrogen (secondary N) is 1. The fraction of sp³-hybridized carbons (Fsp3) is 0.647. The molecule has 1 aromatic rings. The summed E-state index contributed by atoms with van der Waals surface area (Å²) < 4.78 is 0. The molecule has 0 radical (unpaired) electrons. The van der Waals surface area contributed by atoms with Crippen LogP contribution in [0, 0.1) is 0 Å². The van der Waals surface area contributed by atoms with E-state index in [0.717, 1.165) is 11.8 Å². The standard InChI is InChI=1S/C17H27NS2/c1-5-18-16(17-13(4)19-10-11-20-17)15-8-6-14(7-9-15)12(2)3/h6-9,12-13,16-18H,5,10-11H2,1-4H3. The molecule has 3 heteroatoms. The van der Waals surface area contributed by atoms with Gasteiger partial charge < -0.3 is 5.32 Å². The molecule has 0 bridgehead atoms. The maximum Gasteiger partial charge on any atom is 0.0451 e. The van der Waals surface area contributed by atoms with Crippen molar-refractivity contribution in [3.8, 4) is 0 Å². The molecule has 1 fully saturated rings. The Morgan fingerprint density at radius 3 is 2.25 bits per heavy atom. The van der Waals surface area contributed by atoms with E-state index in [4.69, 9.17) is 0 Å². The first-order valence-corrected chi connectivity index (χ1v) is 9.79. The normalized spacial score (nSPS) is 24.9. The summed E-state index contributed by atoms with van der Waals surface area (Å²) in [5.41, 5.74) is 2.88. The van der Waals surface area contributed by atoms with Gasteiger partial charge in [0, 0.05) is 28.0 Å². The Morgan fingerprint density at radius 2 is 1.70 bits per heavy atom. The highest BCUT2D eigenvalue weighted by molar-refractivity contribution is 8.07. The number of thioether (sulfide) groups is 2. The van der Waals surface area contributed by atoms with Gasteiger partial charge >= 0.3 is 0 Å². The molecule has 20 heavy (non-hydrogen) atoms. The van der Waals surface area contributed by atoms with Crippen molar-refractivity contribution in [3.63, 3.8) is 0 Å². The largest absolute Gasteiger partial charge is 0.309 e. The van der Waals surface area contributed by atoms with Crippen molar-refractivity contribution in [1.82, 2.24) is 5.32 Å². The summed E-state index contributed by atoms with van der Waals surface area (Å²) in [6.45, 7) is 10.1. The Labute approximate surface area is 132 Å². The lowest BCUT2D eigenvalue weighted by atomic mass is 9.96. The van der Waals surface area contributed by atoms with Crippen LogP contribution in [-0.2, 0) is 0 Å². The number of hydrogen-bond donors (Lipinski definition) is 1. The maximum absolute atomic E-state index is 3.71. The number of benzene rings is 1. The van der Waals surface area contributed by atoms with Gasteiger partial charge in [-0.3, -0.25) is 0 Å². The Hall–Kier alpha value is -0.120. The van der Waals surface area contributed by atoms with E-state index in [-0.39, 0.29) is 0 Å². The van der Waals surface area contributed by atoms with Crippen molar-refractivity contribution < 1.29 is 0 Å². The lowest BCUT2D eigenvalue weighted by Gasteiger charge is -2.35. The van der Waals surface area contributed by atoms with Crippen LogP contribution in [-0.4, -0.2) is 28.6 Å². The summed E-state index contributed by atoms with van der Waals surface area (Å²) in [5.74, 6) is 3.19. The summed E-state index contributed by atoms with van der Waals surface area (Å²) >= 11 is 4.26. The highest BCUT2D eigenvalue weighted by atomic mass is 32.2. The van der Waals surface area contributed by atoms with Gasteiger partial charge in [-0.2, -0.15) is 23.5 Å². The van der Waals surface area contributed by atoms with Crippen LogP contribution in [0.3, 0.4) is 0 Å². The molecular formula is C17H27NS2. The predicted octanol–water partition coefficient (Wildman–Crippen LogP) is 4.70. The summed E-state index contributed by atoms with van der Waals surface area (Å²) in [5, 5.41) is 5.12. The van der Waals surface area contributed by atoms with Crippen molar-refractivity contribution in [3.05, 3.63) is 35.4 Å². The van der Waals surface area contributed by atoms with Crippen LogP contribution in [0.15, 0.2) is 24.3 Å². The summed E-state index contributed by atoms with van der Waals surface area (Å²) in [6, 6.07) is 9.74. The monoisotopic (exact) mass is 309 g/mol. The third kappa shape index (κ3) is 3.96. The van der Waals surface area contributed by atoms with Crippen LogP contribution in [0.4, 0.5) is 0 Å². The zero-order valence-corrected chi connectivity index (χ0v) is 14.7. The molecule has 1 aliphatic heterocycles. The average molecular weight is 310 g/mol. The van der Waals surface area contributed by atoms with Crippen molar-refractivity contribution >= 4 is 23.5 Å². The average Bonchev–Trinajstić information content (AvgIpc) is 2.46. The van der Waals surface area contributed by atoms with E-state index in [1.165, 1.54) is 22.6 Å². The minimum Gasteiger partial charge on any atom is -0.309 e. The molecule has 1 saturated heterocycles. The second-order valence-electron chi connectivity index (χ2n) is 5.77. The van der Waals surface area contributed by atoms with Gasteiger partial charge in [0.2, 0.25) is 0 Å². The van der Waals surface area contributed by atoms with Gasteiger partial charge in [-0.05, 0) is 23.6 Å². The summed E-state index contributed by atoms with van der Waals surface area (Å²) in [7, 11) is 0. The second kappa shape index (κ2) is 7.77. The fourth-order valence-corrected chi connectivity index (χ4v) is 5.70. The molecule has 112 valence electrons. The molecule has 3 unspecified atom stereocenters. The van der Waals surface area contributed by atoms with E-state index < -0.39 is 0 Å². The number of hydrogen-bond acceptors (Lipinski definition) is 3. The molecule has 1 aromatic carbocycles. The quantitative estimate of drug-likeness (QED) is 0.847. The van der Waals surface area contributed by atoms with Crippen molar-refractivity contribution in [1.29, 1.82) is 0 Å². The molecule has 1 N–H and O–H groups in total. The molecule has 1 aliphatic rings. The molecule has 1 heterocycles. The summed E-state index contributed by atoms with van der Waals surface area (Å²) in [6.07, 6.45) is 0. The van der Waals surface area contributed by atoms with E-state index in [2.05, 4.69) is 80.8 Å². The Balaban J connectivity index is 2.18. The highest BCUT2D eigenvalue weighted by Crippen LogP contribution is 2.38. The zero-order chi connectivity index (χ0) is 14.5.